The van der Waals surface area contributed by atoms with Gasteiger partial charge in [-0.15, -0.1) is 0 Å². The molecule has 1 aliphatic heterocycles. The monoisotopic (exact) mass is 306 g/mol. The van der Waals surface area contributed by atoms with Gasteiger partial charge in [0, 0.05) is 13.1 Å². The van der Waals surface area contributed by atoms with E-state index < -0.39 is 16.8 Å². The summed E-state index contributed by atoms with van der Waals surface area (Å²) in [6.07, 6.45) is -0.0272. The van der Waals surface area contributed by atoms with Crippen molar-refractivity contribution in [1.82, 2.24) is 4.90 Å². The van der Waals surface area contributed by atoms with Crippen molar-refractivity contribution in [1.29, 1.82) is 0 Å². The van der Waals surface area contributed by atoms with E-state index in [0.29, 0.717) is 23.6 Å². The molecule has 0 aromatic rings. The van der Waals surface area contributed by atoms with Gasteiger partial charge in [-0.2, -0.15) is 18.2 Å². The van der Waals surface area contributed by atoms with Crippen LogP contribution in [0.2, 0.25) is 0 Å². The standard InChI is InChI=1S/C13H17F3N2OS/c1-12(13(14,15)16)10(19)17-11(20-12)18(2)9-6-7-3-4-8(9)5-7/h7-9H,3-6H2,1-2H3/t7-,8+,9+,12?/m1/s1. The van der Waals surface area contributed by atoms with Gasteiger partial charge in [0.05, 0.1) is 0 Å². The number of hydrogen-bond donors (Lipinski definition) is 0. The van der Waals surface area contributed by atoms with E-state index in [9.17, 15) is 18.0 Å². The molecule has 0 aromatic carbocycles. The van der Waals surface area contributed by atoms with Crippen molar-refractivity contribution in [2.45, 2.75) is 49.6 Å². The lowest BCUT2D eigenvalue weighted by molar-refractivity contribution is -0.165. The highest BCUT2D eigenvalue weighted by molar-refractivity contribution is 8.16. The number of amidine groups is 1. The Morgan fingerprint density at radius 2 is 2.05 bits per heavy atom. The van der Waals surface area contributed by atoms with E-state index in [0.717, 1.165) is 26.2 Å². The molecule has 20 heavy (non-hydrogen) atoms. The number of thioether (sulfide) groups is 1. The van der Waals surface area contributed by atoms with Crippen LogP contribution < -0.4 is 0 Å². The number of halogens is 3. The molecule has 0 spiro atoms. The summed E-state index contributed by atoms with van der Waals surface area (Å²) >= 11 is 0.552. The fraction of sp³-hybridized carbons (Fsp3) is 0.846. The van der Waals surface area contributed by atoms with Crippen LogP contribution in [0.4, 0.5) is 13.2 Å². The van der Waals surface area contributed by atoms with Crippen LogP contribution in [0.3, 0.4) is 0 Å². The third-order valence-corrected chi connectivity index (χ3v) is 6.32. The van der Waals surface area contributed by atoms with Gasteiger partial charge in [-0.3, -0.25) is 4.79 Å². The number of aliphatic imine (C=N–C) groups is 1. The molecule has 1 unspecified atom stereocenters. The van der Waals surface area contributed by atoms with Gasteiger partial charge in [0.1, 0.15) is 0 Å². The number of amides is 1. The van der Waals surface area contributed by atoms with Crippen LogP contribution in [0.15, 0.2) is 4.99 Å². The van der Waals surface area contributed by atoms with Crippen molar-refractivity contribution < 1.29 is 18.0 Å². The summed E-state index contributed by atoms with van der Waals surface area (Å²) < 4.78 is 36.7. The van der Waals surface area contributed by atoms with Gasteiger partial charge in [0.25, 0.3) is 5.91 Å². The Labute approximate surface area is 120 Å². The molecule has 3 aliphatic rings. The van der Waals surface area contributed by atoms with Gasteiger partial charge in [0.15, 0.2) is 9.91 Å². The average molecular weight is 306 g/mol. The Bertz CT molecular complexity index is 479. The lowest BCUT2D eigenvalue weighted by Crippen LogP contribution is -2.44. The van der Waals surface area contributed by atoms with E-state index in [1.165, 1.54) is 6.42 Å². The molecule has 3 nitrogen and oxygen atoms in total. The molecule has 2 aliphatic carbocycles. The quantitative estimate of drug-likeness (QED) is 0.746. The Hall–Kier alpha value is -0.720. The number of alkyl halides is 3. The SMILES string of the molecule is CN(C1=NC(=O)C(C)(C(F)(F)F)S1)[C@H]1C[C@@H]2CC[C@H]1C2. The molecule has 0 N–H and O–H groups in total. The minimum Gasteiger partial charge on any atom is -0.351 e. The van der Waals surface area contributed by atoms with Crippen LogP contribution >= 0.6 is 11.8 Å². The van der Waals surface area contributed by atoms with Crippen LogP contribution in [0.25, 0.3) is 0 Å². The molecule has 4 atom stereocenters. The van der Waals surface area contributed by atoms with E-state index >= 15 is 0 Å². The number of nitrogens with zero attached hydrogens (tertiary/aromatic N) is 2. The molecular weight excluding hydrogens is 289 g/mol. The molecule has 2 bridgehead atoms. The zero-order valence-corrected chi connectivity index (χ0v) is 12.2. The molecule has 2 fully saturated rings. The highest BCUT2D eigenvalue weighted by Gasteiger charge is 2.62. The molecule has 1 amide bonds. The zero-order valence-electron chi connectivity index (χ0n) is 11.4. The molecule has 112 valence electrons. The fourth-order valence-electron chi connectivity index (χ4n) is 3.60. The molecule has 0 saturated heterocycles. The highest BCUT2D eigenvalue weighted by atomic mass is 32.2. The van der Waals surface area contributed by atoms with Crippen molar-refractivity contribution in [3.8, 4) is 0 Å². The summed E-state index contributed by atoms with van der Waals surface area (Å²) in [5.41, 5.74) is 0. The van der Waals surface area contributed by atoms with E-state index in [1.807, 2.05) is 4.90 Å². The average Bonchev–Trinajstić information content (AvgIpc) is 3.03. The lowest BCUT2D eigenvalue weighted by atomic mass is 9.95. The predicted molar refractivity (Wildman–Crippen MR) is 71.5 cm³/mol. The Kier molecular flexibility index (Phi) is 3.12. The lowest BCUT2D eigenvalue weighted by Gasteiger charge is -2.33. The first-order valence-electron chi connectivity index (χ1n) is 6.84. The van der Waals surface area contributed by atoms with Crippen LogP contribution in [0.5, 0.6) is 0 Å². The van der Waals surface area contributed by atoms with E-state index in [4.69, 9.17) is 0 Å². The second-order valence-corrected chi connectivity index (χ2v) is 7.57. The van der Waals surface area contributed by atoms with Gasteiger partial charge in [-0.05, 0) is 38.0 Å². The number of fused-ring (bicyclic) bond motifs is 2. The minimum atomic E-state index is -4.57. The van der Waals surface area contributed by atoms with Gasteiger partial charge in [0.2, 0.25) is 0 Å². The second-order valence-electron chi connectivity index (χ2n) is 6.19. The van der Waals surface area contributed by atoms with Crippen molar-refractivity contribution in [2.24, 2.45) is 16.8 Å². The largest absolute Gasteiger partial charge is 0.412 e. The highest BCUT2D eigenvalue weighted by Crippen LogP contribution is 2.50. The summed E-state index contributed by atoms with van der Waals surface area (Å²) in [5.74, 6) is 0.158. The normalized spacial score (nSPS) is 40.4. The van der Waals surface area contributed by atoms with Crippen LogP contribution in [0, 0.1) is 11.8 Å². The minimum absolute atomic E-state index is 0.229. The number of hydrogen-bond acceptors (Lipinski definition) is 3. The first-order chi connectivity index (χ1) is 9.22. The molecular formula is C13H17F3N2OS. The topological polar surface area (TPSA) is 32.7 Å². The first-order valence-corrected chi connectivity index (χ1v) is 7.65. The summed E-state index contributed by atoms with van der Waals surface area (Å²) in [7, 11) is 1.77. The van der Waals surface area contributed by atoms with Crippen LogP contribution in [-0.2, 0) is 4.79 Å². The maximum atomic E-state index is 13.0. The molecule has 3 rings (SSSR count). The van der Waals surface area contributed by atoms with Gasteiger partial charge < -0.3 is 4.90 Å². The summed E-state index contributed by atoms with van der Waals surface area (Å²) in [5, 5.41) is 0.229. The maximum absolute atomic E-state index is 13.0. The van der Waals surface area contributed by atoms with Gasteiger partial charge in [-0.1, -0.05) is 18.2 Å². The molecule has 2 saturated carbocycles. The van der Waals surface area contributed by atoms with Crippen molar-refractivity contribution in [3.05, 3.63) is 0 Å². The number of carbonyl (C=O) groups excluding carboxylic acids is 1. The molecule has 0 radical (unpaired) electrons. The Morgan fingerprint density at radius 1 is 1.35 bits per heavy atom. The van der Waals surface area contributed by atoms with Gasteiger partial charge >= 0.3 is 6.18 Å². The number of carbonyl (C=O) groups is 1. The second kappa shape index (κ2) is 4.39. The number of rotatable bonds is 1. The molecule has 7 heteroatoms. The fourth-order valence-corrected chi connectivity index (χ4v) is 4.62. The van der Waals surface area contributed by atoms with E-state index in [-0.39, 0.29) is 11.2 Å². The zero-order chi connectivity index (χ0) is 14.7. The predicted octanol–water partition coefficient (Wildman–Crippen LogP) is 3.06. The molecule has 1 heterocycles. The Morgan fingerprint density at radius 3 is 2.50 bits per heavy atom. The first kappa shape index (κ1) is 14.2. The van der Waals surface area contributed by atoms with Crippen LogP contribution in [-0.4, -0.2) is 40.0 Å². The van der Waals surface area contributed by atoms with Crippen LogP contribution in [0.1, 0.15) is 32.6 Å². The van der Waals surface area contributed by atoms with E-state index in [1.54, 1.807) is 7.05 Å². The summed E-state index contributed by atoms with van der Waals surface area (Å²) in [6, 6.07) is 0.239. The van der Waals surface area contributed by atoms with Gasteiger partial charge in [-0.25, -0.2) is 0 Å². The van der Waals surface area contributed by atoms with Crippen molar-refractivity contribution >= 4 is 22.8 Å². The van der Waals surface area contributed by atoms with Crippen molar-refractivity contribution in [3.63, 3.8) is 0 Å². The maximum Gasteiger partial charge on any atom is 0.412 e. The third-order valence-electron chi connectivity index (χ3n) is 4.94. The summed E-state index contributed by atoms with van der Waals surface area (Å²) in [6.45, 7) is 0.922. The molecule has 0 aromatic heterocycles. The Balaban J connectivity index is 1.76. The summed E-state index contributed by atoms with van der Waals surface area (Å²) in [4.78, 5) is 17.2. The van der Waals surface area contributed by atoms with Crippen molar-refractivity contribution in [2.75, 3.05) is 7.05 Å². The smallest absolute Gasteiger partial charge is 0.351 e. The third kappa shape index (κ3) is 1.96. The van der Waals surface area contributed by atoms with E-state index in [2.05, 4.69) is 4.99 Å².